The van der Waals surface area contributed by atoms with Gasteiger partial charge in [-0.25, -0.2) is 9.59 Å². The number of likely N-dealkylation sites (N-methyl/N-ethyl adjacent to an activating group) is 1. The number of aliphatic carboxylic acids is 1. The second-order valence-electron chi connectivity index (χ2n) is 4.47. The Morgan fingerprint density at radius 1 is 1.33 bits per heavy atom. The average molecular weight is 281 g/mol. The van der Waals surface area contributed by atoms with Gasteiger partial charge in [0.1, 0.15) is 13.2 Å². The number of ether oxygens (including phenoxy) is 1. The van der Waals surface area contributed by atoms with Crippen molar-refractivity contribution >= 4 is 24.3 Å². The molecule has 0 aromatic heterocycles. The highest BCUT2D eigenvalue weighted by Gasteiger charge is 2.09. The standard InChI is InChI=1S/C9H18NO2.C3H4O2.ClH/c1-8(2)9(11)12-7-6-10(3,4)5;1-2-3(4)5;/h1,6-7H2,2-5H3;2H,1H2,(H,4,5);1H/q+1;;. The molecule has 0 heterocycles. The number of esters is 1. The lowest BCUT2D eigenvalue weighted by molar-refractivity contribution is -0.870. The molecule has 0 amide bonds. The Bertz CT molecular complexity index is 295. The summed E-state index contributed by atoms with van der Waals surface area (Å²) in [6, 6.07) is 0. The summed E-state index contributed by atoms with van der Waals surface area (Å²) in [5.41, 5.74) is 0.455. The van der Waals surface area contributed by atoms with Crippen molar-refractivity contribution in [2.75, 3.05) is 34.3 Å². The topological polar surface area (TPSA) is 63.6 Å². The molecule has 0 spiro atoms. The summed E-state index contributed by atoms with van der Waals surface area (Å²) in [5.74, 6) is -1.28. The van der Waals surface area contributed by atoms with E-state index in [2.05, 4.69) is 34.3 Å². The smallest absolute Gasteiger partial charge is 0.333 e. The molecule has 0 atom stereocenters. The van der Waals surface area contributed by atoms with Crippen LogP contribution in [0.2, 0.25) is 0 Å². The number of rotatable bonds is 5. The quantitative estimate of drug-likeness (QED) is 0.471. The van der Waals surface area contributed by atoms with Crippen LogP contribution in [0.25, 0.3) is 0 Å². The minimum Gasteiger partial charge on any atom is -0.478 e. The Kier molecular flexibility index (Phi) is 13.1. The first-order chi connectivity index (χ1) is 7.60. The van der Waals surface area contributed by atoms with Gasteiger partial charge in [-0.1, -0.05) is 13.2 Å². The van der Waals surface area contributed by atoms with Crippen molar-refractivity contribution in [3.63, 3.8) is 0 Å². The van der Waals surface area contributed by atoms with E-state index < -0.39 is 5.97 Å². The Balaban J connectivity index is -0.000000321. The molecular formula is C12H23ClNO4+. The third-order valence-electron chi connectivity index (χ3n) is 1.52. The number of hydrogen-bond donors (Lipinski definition) is 1. The fraction of sp³-hybridized carbons (Fsp3) is 0.500. The number of carbonyl (C=O) groups excluding carboxylic acids is 1. The van der Waals surface area contributed by atoms with Crippen LogP contribution in [0.5, 0.6) is 0 Å². The predicted octanol–water partition coefficient (Wildman–Crippen LogP) is 1.49. The van der Waals surface area contributed by atoms with E-state index in [4.69, 9.17) is 9.84 Å². The Labute approximate surface area is 115 Å². The summed E-state index contributed by atoms with van der Waals surface area (Å²) in [4.78, 5) is 20.1. The fourth-order valence-corrected chi connectivity index (χ4v) is 0.535. The molecule has 0 radical (unpaired) electrons. The zero-order chi connectivity index (χ0) is 14.1. The zero-order valence-corrected chi connectivity index (χ0v) is 12.2. The van der Waals surface area contributed by atoms with Crippen molar-refractivity contribution in [2.24, 2.45) is 0 Å². The molecule has 0 aliphatic carbocycles. The lowest BCUT2D eigenvalue weighted by Crippen LogP contribution is -2.38. The van der Waals surface area contributed by atoms with Crippen LogP contribution >= 0.6 is 12.4 Å². The van der Waals surface area contributed by atoms with Gasteiger partial charge in [0, 0.05) is 11.6 Å². The second kappa shape index (κ2) is 10.8. The predicted molar refractivity (Wildman–Crippen MR) is 73.8 cm³/mol. The highest BCUT2D eigenvalue weighted by atomic mass is 35.5. The summed E-state index contributed by atoms with van der Waals surface area (Å²) >= 11 is 0. The van der Waals surface area contributed by atoms with Gasteiger partial charge in [0.15, 0.2) is 0 Å². The van der Waals surface area contributed by atoms with Crippen LogP contribution in [-0.2, 0) is 14.3 Å². The van der Waals surface area contributed by atoms with E-state index in [1.807, 2.05) is 0 Å². The lowest BCUT2D eigenvalue weighted by Gasteiger charge is -2.23. The van der Waals surface area contributed by atoms with Crippen molar-refractivity contribution in [2.45, 2.75) is 6.92 Å². The number of hydrogen-bond acceptors (Lipinski definition) is 3. The van der Waals surface area contributed by atoms with E-state index >= 15 is 0 Å². The lowest BCUT2D eigenvalue weighted by atomic mass is 10.4. The molecule has 6 heteroatoms. The molecule has 0 aliphatic rings. The molecule has 0 aromatic rings. The summed E-state index contributed by atoms with van der Waals surface area (Å²) in [6.07, 6.45) is 0.833. The largest absolute Gasteiger partial charge is 0.478 e. The normalized spacial score (nSPS) is 9.11. The molecule has 5 nitrogen and oxygen atoms in total. The molecule has 0 saturated carbocycles. The molecule has 106 valence electrons. The highest BCUT2D eigenvalue weighted by molar-refractivity contribution is 5.86. The van der Waals surface area contributed by atoms with Crippen LogP contribution in [-0.4, -0.2) is 55.8 Å². The monoisotopic (exact) mass is 280 g/mol. The van der Waals surface area contributed by atoms with Crippen molar-refractivity contribution in [1.82, 2.24) is 0 Å². The van der Waals surface area contributed by atoms with Gasteiger partial charge in [0.2, 0.25) is 0 Å². The molecule has 0 fully saturated rings. The third-order valence-corrected chi connectivity index (χ3v) is 1.52. The van der Waals surface area contributed by atoms with Gasteiger partial charge in [0.05, 0.1) is 21.1 Å². The second-order valence-corrected chi connectivity index (χ2v) is 4.47. The van der Waals surface area contributed by atoms with Gasteiger partial charge in [0.25, 0.3) is 0 Å². The molecular weight excluding hydrogens is 258 g/mol. The minimum absolute atomic E-state index is 0. The number of halogens is 1. The first-order valence-electron chi connectivity index (χ1n) is 5.08. The van der Waals surface area contributed by atoms with Gasteiger partial charge in [-0.05, 0) is 6.92 Å². The number of carboxylic acids is 1. The molecule has 1 N–H and O–H groups in total. The van der Waals surface area contributed by atoms with Crippen molar-refractivity contribution in [3.8, 4) is 0 Å². The Morgan fingerprint density at radius 2 is 1.72 bits per heavy atom. The van der Waals surface area contributed by atoms with E-state index in [-0.39, 0.29) is 18.4 Å². The minimum atomic E-state index is -0.981. The van der Waals surface area contributed by atoms with Crippen LogP contribution < -0.4 is 0 Å². The van der Waals surface area contributed by atoms with Gasteiger partial charge < -0.3 is 14.3 Å². The zero-order valence-electron chi connectivity index (χ0n) is 11.4. The maximum absolute atomic E-state index is 10.9. The number of carboxylic acid groups (broad SMARTS) is 1. The van der Waals surface area contributed by atoms with E-state index in [1.165, 1.54) is 0 Å². The van der Waals surface area contributed by atoms with Gasteiger partial charge in [-0.2, -0.15) is 0 Å². The summed E-state index contributed by atoms with van der Waals surface area (Å²) in [6.45, 7) is 9.37. The maximum atomic E-state index is 10.9. The average Bonchev–Trinajstić information content (AvgIpc) is 2.16. The number of carbonyl (C=O) groups is 2. The first kappa shape index (κ1) is 21.9. The molecule has 0 aliphatic heterocycles. The van der Waals surface area contributed by atoms with Crippen LogP contribution in [0.4, 0.5) is 0 Å². The number of nitrogens with zero attached hydrogens (tertiary/aromatic N) is 1. The molecule has 0 unspecified atom stereocenters. The van der Waals surface area contributed by atoms with Crippen molar-refractivity contribution < 1.29 is 23.9 Å². The third kappa shape index (κ3) is 20.1. The summed E-state index contributed by atoms with van der Waals surface area (Å²) < 4.78 is 5.72. The van der Waals surface area contributed by atoms with Crippen molar-refractivity contribution in [1.29, 1.82) is 0 Å². The molecule has 0 saturated heterocycles. The highest BCUT2D eigenvalue weighted by Crippen LogP contribution is 1.94. The van der Waals surface area contributed by atoms with E-state index in [1.54, 1.807) is 6.92 Å². The van der Waals surface area contributed by atoms with Crippen LogP contribution in [0.3, 0.4) is 0 Å². The molecule has 0 rings (SSSR count). The SMILES string of the molecule is C=C(C)C(=O)OCC[N+](C)(C)C.C=CC(=O)O.Cl. The van der Waals surface area contributed by atoms with Crippen molar-refractivity contribution in [3.05, 3.63) is 24.8 Å². The number of quaternary nitrogens is 1. The Morgan fingerprint density at radius 3 is 1.94 bits per heavy atom. The van der Waals surface area contributed by atoms with Gasteiger partial charge in [-0.3, -0.25) is 0 Å². The van der Waals surface area contributed by atoms with E-state index in [9.17, 15) is 9.59 Å². The van der Waals surface area contributed by atoms with E-state index in [0.717, 1.165) is 17.1 Å². The first-order valence-corrected chi connectivity index (χ1v) is 5.08. The fourth-order valence-electron chi connectivity index (χ4n) is 0.535. The Hall–Kier alpha value is -1.33. The molecule has 0 aromatic carbocycles. The maximum Gasteiger partial charge on any atom is 0.333 e. The van der Waals surface area contributed by atoms with E-state index in [0.29, 0.717) is 12.2 Å². The van der Waals surface area contributed by atoms with Gasteiger partial charge >= 0.3 is 11.9 Å². The van der Waals surface area contributed by atoms with Crippen LogP contribution in [0, 0.1) is 0 Å². The van der Waals surface area contributed by atoms with Crippen LogP contribution in [0.1, 0.15) is 6.92 Å². The van der Waals surface area contributed by atoms with Crippen LogP contribution in [0.15, 0.2) is 24.8 Å². The summed E-state index contributed by atoms with van der Waals surface area (Å²) in [5, 5.41) is 7.60. The molecule has 0 bridgehead atoms. The molecule has 18 heavy (non-hydrogen) atoms. The van der Waals surface area contributed by atoms with Gasteiger partial charge in [-0.15, -0.1) is 12.4 Å². The summed E-state index contributed by atoms with van der Waals surface area (Å²) in [7, 11) is 6.15.